The Morgan fingerprint density at radius 2 is 1.71 bits per heavy atom. The minimum atomic E-state index is -4.76. The summed E-state index contributed by atoms with van der Waals surface area (Å²) in [5.74, 6) is -0.0394. The number of ether oxygens (including phenoxy) is 1. The van der Waals surface area contributed by atoms with Gasteiger partial charge in [0.2, 0.25) is 0 Å². The summed E-state index contributed by atoms with van der Waals surface area (Å²) < 4.78 is 48.1. The third kappa shape index (κ3) is 4.23. The maximum absolute atomic E-state index is 14.3. The number of nitrogens with zero attached hydrogens (tertiary/aromatic N) is 2. The maximum atomic E-state index is 14.3. The lowest BCUT2D eigenvalue weighted by Gasteiger charge is -2.38. The van der Waals surface area contributed by atoms with Crippen molar-refractivity contribution < 1.29 is 27.5 Å². The van der Waals surface area contributed by atoms with Crippen molar-refractivity contribution in [2.24, 2.45) is 5.16 Å². The smallest absolute Gasteiger partial charge is 0.376 e. The molecular weight excluding hydrogens is 506 g/mol. The largest absolute Gasteiger partial charge is 0.435 e. The molecule has 0 radical (unpaired) electrons. The predicted octanol–water partition coefficient (Wildman–Crippen LogP) is 5.33. The fourth-order valence-corrected chi connectivity index (χ4v) is 5.19. The number of alkyl halides is 3. The second-order valence-corrected chi connectivity index (χ2v) is 10.4. The molecule has 0 bridgehead atoms. The lowest BCUT2D eigenvalue weighted by Crippen LogP contribution is -2.59. The molecule has 0 aromatic heterocycles. The zero-order valence-electron chi connectivity index (χ0n) is 18.9. The van der Waals surface area contributed by atoms with E-state index in [0.717, 1.165) is 16.7 Å². The summed E-state index contributed by atoms with van der Waals surface area (Å²) in [5.41, 5.74) is -0.191. The fourth-order valence-electron chi connectivity index (χ4n) is 4.67. The van der Waals surface area contributed by atoms with Gasteiger partial charge in [-0.25, -0.2) is 0 Å². The molecule has 6 nitrogen and oxygen atoms in total. The summed E-state index contributed by atoms with van der Waals surface area (Å²) in [5, 5.41) is 6.99. The summed E-state index contributed by atoms with van der Waals surface area (Å²) in [6, 6.07) is 7.44. The topological polar surface area (TPSA) is 63.2 Å². The quantitative estimate of drug-likeness (QED) is 0.586. The number of rotatable bonds is 3. The van der Waals surface area contributed by atoms with Gasteiger partial charge in [-0.2, -0.15) is 13.2 Å². The van der Waals surface area contributed by atoms with E-state index in [-0.39, 0.29) is 27.4 Å². The molecule has 3 aliphatic heterocycles. The number of benzene rings is 2. The number of carbonyl (C=O) groups is 1. The first-order valence-electron chi connectivity index (χ1n) is 11.0. The van der Waals surface area contributed by atoms with E-state index < -0.39 is 23.7 Å². The lowest BCUT2D eigenvalue weighted by molar-refractivity contribution is -0.275. The number of carbonyl (C=O) groups excluding carboxylic acids is 1. The van der Waals surface area contributed by atoms with Gasteiger partial charge in [-0.05, 0) is 54.8 Å². The van der Waals surface area contributed by atoms with E-state index >= 15 is 0 Å². The Balaban J connectivity index is 1.37. The third-order valence-corrected chi connectivity index (χ3v) is 7.07. The Morgan fingerprint density at radius 3 is 2.29 bits per heavy atom. The molecule has 2 aromatic carbocycles. The lowest BCUT2D eigenvalue weighted by atomic mass is 9.89. The zero-order valence-corrected chi connectivity index (χ0v) is 20.4. The van der Waals surface area contributed by atoms with E-state index in [1.165, 1.54) is 18.2 Å². The molecular formula is C24H22Cl2F3N3O3. The van der Waals surface area contributed by atoms with Crippen molar-refractivity contribution in [2.75, 3.05) is 13.2 Å². The second kappa shape index (κ2) is 8.28. The van der Waals surface area contributed by atoms with Crippen LogP contribution in [0.25, 0.3) is 0 Å². The monoisotopic (exact) mass is 527 g/mol. The van der Waals surface area contributed by atoms with Crippen molar-refractivity contribution >= 4 is 34.9 Å². The number of hydrogen-bond acceptors (Lipinski definition) is 5. The Morgan fingerprint density at radius 1 is 1.09 bits per heavy atom. The van der Waals surface area contributed by atoms with Crippen LogP contribution in [-0.4, -0.2) is 41.6 Å². The molecule has 1 amide bonds. The van der Waals surface area contributed by atoms with Crippen molar-refractivity contribution in [1.29, 1.82) is 0 Å². The highest BCUT2D eigenvalue weighted by Gasteiger charge is 2.63. The molecule has 1 fully saturated rings. The molecule has 2 aromatic rings. The number of aryl methyl sites for hydroxylation is 1. The molecule has 5 rings (SSSR count). The third-order valence-electron chi connectivity index (χ3n) is 6.64. The average Bonchev–Trinajstić information content (AvgIpc) is 3.35. The van der Waals surface area contributed by atoms with Gasteiger partial charge in [0, 0.05) is 34.3 Å². The number of amides is 1. The summed E-state index contributed by atoms with van der Waals surface area (Å²) in [4.78, 5) is 19.7. The summed E-state index contributed by atoms with van der Waals surface area (Å²) in [7, 11) is 0. The summed E-state index contributed by atoms with van der Waals surface area (Å²) in [6.07, 6.45) is -5.28. The van der Waals surface area contributed by atoms with E-state index in [0.29, 0.717) is 31.9 Å². The first-order valence-corrected chi connectivity index (χ1v) is 11.7. The number of hydrogen-bond donors (Lipinski definition) is 1. The highest BCUT2D eigenvalue weighted by atomic mass is 35.5. The number of halogens is 5. The predicted molar refractivity (Wildman–Crippen MR) is 124 cm³/mol. The van der Waals surface area contributed by atoms with Gasteiger partial charge in [-0.1, -0.05) is 34.4 Å². The van der Waals surface area contributed by atoms with Crippen LogP contribution >= 0.6 is 23.2 Å². The normalized spacial score (nSPS) is 22.8. The van der Waals surface area contributed by atoms with Crippen LogP contribution in [0.2, 0.25) is 10.0 Å². The van der Waals surface area contributed by atoms with E-state index in [9.17, 15) is 18.0 Å². The number of oxime groups is 1. The van der Waals surface area contributed by atoms with Crippen molar-refractivity contribution in [3.8, 4) is 0 Å². The van der Waals surface area contributed by atoms with E-state index in [1.54, 1.807) is 11.0 Å². The Labute approximate surface area is 210 Å². The standard InChI is InChI=1S/C24H22Cl2F3N3O3/c1-13-3-14-9-32(10-15(14)4-19(13)21(33)30-22(2)11-34-12-22)20-8-23(35-31-20,24(27,28)29)16-5-17(25)7-18(26)6-16/h3-7H,8-12H2,1-2H3,(H,30,33). The van der Waals surface area contributed by atoms with E-state index in [4.69, 9.17) is 32.8 Å². The molecule has 0 saturated carbocycles. The van der Waals surface area contributed by atoms with Crippen molar-refractivity contribution in [3.63, 3.8) is 0 Å². The molecule has 186 valence electrons. The van der Waals surface area contributed by atoms with Gasteiger partial charge in [0.25, 0.3) is 11.5 Å². The molecule has 1 unspecified atom stereocenters. The van der Waals surface area contributed by atoms with E-state index in [2.05, 4.69) is 10.5 Å². The van der Waals surface area contributed by atoms with Crippen LogP contribution in [0.4, 0.5) is 13.2 Å². The van der Waals surface area contributed by atoms with Crippen LogP contribution in [0.1, 0.15) is 46.0 Å². The van der Waals surface area contributed by atoms with Crippen LogP contribution in [0.5, 0.6) is 0 Å². The Hall–Kier alpha value is -2.49. The van der Waals surface area contributed by atoms with Crippen LogP contribution < -0.4 is 5.32 Å². The molecule has 0 spiro atoms. The molecule has 0 aliphatic carbocycles. The molecule has 11 heteroatoms. The van der Waals surface area contributed by atoms with Gasteiger partial charge in [-0.15, -0.1) is 0 Å². The van der Waals surface area contributed by atoms with Gasteiger partial charge in [-0.3, -0.25) is 4.79 Å². The van der Waals surface area contributed by atoms with Gasteiger partial charge in [0.1, 0.15) is 5.84 Å². The van der Waals surface area contributed by atoms with Gasteiger partial charge in [0.15, 0.2) is 0 Å². The van der Waals surface area contributed by atoms with Crippen LogP contribution in [0, 0.1) is 6.92 Å². The molecule has 1 N–H and O–H groups in total. The molecule has 3 aliphatic rings. The summed E-state index contributed by atoms with van der Waals surface area (Å²) >= 11 is 12.0. The van der Waals surface area contributed by atoms with Crippen molar-refractivity contribution in [3.05, 3.63) is 68.2 Å². The zero-order chi connectivity index (χ0) is 25.2. The van der Waals surface area contributed by atoms with Crippen LogP contribution in [0.3, 0.4) is 0 Å². The first kappa shape index (κ1) is 24.2. The maximum Gasteiger partial charge on any atom is 0.435 e. The van der Waals surface area contributed by atoms with Crippen molar-refractivity contribution in [1.82, 2.24) is 10.2 Å². The van der Waals surface area contributed by atoms with Crippen molar-refractivity contribution in [2.45, 2.75) is 50.7 Å². The van der Waals surface area contributed by atoms with Gasteiger partial charge in [0.05, 0.1) is 25.2 Å². The Kier molecular flexibility index (Phi) is 5.73. The average molecular weight is 528 g/mol. The highest BCUT2D eigenvalue weighted by Crippen LogP contribution is 2.50. The molecule has 35 heavy (non-hydrogen) atoms. The summed E-state index contributed by atoms with van der Waals surface area (Å²) in [6.45, 7) is 5.32. The fraction of sp³-hybridized carbons (Fsp3) is 0.417. The molecule has 3 heterocycles. The minimum absolute atomic E-state index is 0.0744. The minimum Gasteiger partial charge on any atom is -0.376 e. The van der Waals surface area contributed by atoms with Gasteiger partial charge >= 0.3 is 6.18 Å². The number of nitrogens with one attached hydrogen (secondary N) is 1. The van der Waals surface area contributed by atoms with E-state index in [1.807, 2.05) is 19.9 Å². The first-order chi connectivity index (χ1) is 16.4. The van der Waals surface area contributed by atoms with Gasteiger partial charge < -0.3 is 19.8 Å². The van der Waals surface area contributed by atoms with Crippen LogP contribution in [0.15, 0.2) is 35.5 Å². The molecule has 1 atom stereocenters. The Bertz CT molecular complexity index is 1230. The molecule has 1 saturated heterocycles. The second-order valence-electron chi connectivity index (χ2n) is 9.56. The number of fused-ring (bicyclic) bond motifs is 1. The van der Waals surface area contributed by atoms with Crippen LogP contribution in [-0.2, 0) is 28.3 Å². The number of amidine groups is 1. The highest BCUT2D eigenvalue weighted by molar-refractivity contribution is 6.34. The SMILES string of the molecule is Cc1cc2c(cc1C(=O)NC1(C)COC1)CN(C1=NOC(c3cc(Cl)cc(Cl)c3)(C(F)(F)F)C1)C2.